The van der Waals surface area contributed by atoms with Gasteiger partial charge in [-0.25, -0.2) is 4.79 Å². The number of carboxylic acid groups (broad SMARTS) is 1. The van der Waals surface area contributed by atoms with Gasteiger partial charge in [0, 0.05) is 40.0 Å². The van der Waals surface area contributed by atoms with E-state index >= 15 is 0 Å². The molecular weight excluding hydrogens is 724 g/mol. The second-order valence-corrected chi connectivity index (χ2v) is 14.0. The number of carbonyl (C=O) groups is 3. The highest BCUT2D eigenvalue weighted by Gasteiger charge is 2.50. The molecule has 12 N–H and O–H groups in total. The Balaban J connectivity index is 1.77. The van der Waals surface area contributed by atoms with Gasteiger partial charge in [-0.3, -0.25) is 9.59 Å². The van der Waals surface area contributed by atoms with Gasteiger partial charge in [-0.15, -0.1) is 0 Å². The van der Waals surface area contributed by atoms with E-state index in [4.69, 9.17) is 31.4 Å². The number of hydrogen-bond acceptors (Lipinski definition) is 12. The molecule has 3 unspecified atom stereocenters. The molecule has 0 radical (unpaired) electrons. The highest BCUT2D eigenvalue weighted by atomic mass is 31.1. The summed E-state index contributed by atoms with van der Waals surface area (Å²) in [5.41, 5.74) is 13.2. The summed E-state index contributed by atoms with van der Waals surface area (Å²) in [5.74, 6) is -2.08. The predicted octanol–water partition coefficient (Wildman–Crippen LogP) is 1.51. The number of unbranched alkanes of at least 4 members (excludes halogenated alkanes) is 2. The zero-order valence-corrected chi connectivity index (χ0v) is 30.6. The summed E-state index contributed by atoms with van der Waals surface area (Å²) in [6.07, 6.45) is -3.24. The van der Waals surface area contributed by atoms with Gasteiger partial charge in [-0.2, -0.15) is 13.2 Å². The minimum Gasteiger partial charge on any atom is -0.490 e. The molecule has 0 fully saturated rings. The summed E-state index contributed by atoms with van der Waals surface area (Å²) in [6, 6.07) is 9.46. The zero-order chi connectivity index (χ0) is 39.4. The Morgan fingerprint density at radius 1 is 0.925 bits per heavy atom. The van der Waals surface area contributed by atoms with Gasteiger partial charge in [0.1, 0.15) is 12.4 Å². The summed E-state index contributed by atoms with van der Waals surface area (Å²) in [7, 11) is -1.44. The molecule has 0 aromatic heterocycles. The third-order valence-corrected chi connectivity index (χ3v) is 9.55. The lowest BCUT2D eigenvalue weighted by atomic mass is 9.98. The van der Waals surface area contributed by atoms with Crippen LogP contribution in [0.2, 0.25) is 0 Å². The van der Waals surface area contributed by atoms with Crippen LogP contribution in [-0.2, 0) is 19.9 Å². The number of aliphatic hydroxyl groups excluding tert-OH is 1. The summed E-state index contributed by atoms with van der Waals surface area (Å²) in [5, 5.41) is 28.0. The Kier molecular flexibility index (Phi) is 20.1. The molecule has 2 amide bonds. The fourth-order valence-electron chi connectivity index (χ4n) is 4.78. The second kappa shape index (κ2) is 23.4. The standard InChI is InChI=1S/C34H52F3N6O9P/c1-23(24-6-5-7-25(18-24)32(47)48)43-21-27(44)22-53(49)17-4-2-3-10-42-31(46)28-9-8-26(33(39,40)34(35,36)37)19-29(28)52-16-15-51-14-13-50-12-11-41-30(45)20-38/h5-9,18-19,23,27,43-44,49H,2-4,10-17,20-22,38-40H2,1H3,(H,41,45)(H,42,46)(H,47,48). The summed E-state index contributed by atoms with van der Waals surface area (Å²) in [6.45, 7) is 3.02. The number of alkyl halides is 3. The van der Waals surface area contributed by atoms with E-state index in [1.165, 1.54) is 6.07 Å². The van der Waals surface area contributed by atoms with Gasteiger partial charge in [0.2, 0.25) is 5.91 Å². The van der Waals surface area contributed by atoms with Crippen molar-refractivity contribution in [3.05, 3.63) is 64.7 Å². The number of nitrogens with two attached hydrogens (primary N) is 3. The number of carbonyl (C=O) groups excluding carboxylic acids is 2. The van der Waals surface area contributed by atoms with Gasteiger partial charge >= 0.3 is 12.1 Å². The van der Waals surface area contributed by atoms with Crippen LogP contribution >= 0.6 is 8.15 Å². The van der Waals surface area contributed by atoms with E-state index in [9.17, 15) is 42.7 Å². The number of aromatic carboxylic acids is 1. The maximum absolute atomic E-state index is 13.5. The van der Waals surface area contributed by atoms with Crippen LogP contribution in [0.15, 0.2) is 42.5 Å². The Labute approximate surface area is 307 Å². The van der Waals surface area contributed by atoms with Crippen molar-refractivity contribution < 1.29 is 56.9 Å². The van der Waals surface area contributed by atoms with Crippen LogP contribution in [0.25, 0.3) is 0 Å². The smallest absolute Gasteiger partial charge is 0.423 e. The van der Waals surface area contributed by atoms with Gasteiger partial charge in [0.25, 0.3) is 5.91 Å². The van der Waals surface area contributed by atoms with Gasteiger partial charge < -0.3 is 62.5 Å². The van der Waals surface area contributed by atoms with Gasteiger partial charge in [0.05, 0.1) is 50.2 Å². The molecule has 2 aromatic rings. The molecule has 0 saturated carbocycles. The zero-order valence-electron chi connectivity index (χ0n) is 29.7. The summed E-state index contributed by atoms with van der Waals surface area (Å²) < 4.78 is 56.9. The average Bonchev–Trinajstić information content (AvgIpc) is 3.11. The number of aliphatic hydroxyl groups is 1. The molecule has 19 heteroatoms. The highest BCUT2D eigenvalue weighted by molar-refractivity contribution is 7.51. The minimum absolute atomic E-state index is 0.0251. The molecule has 0 heterocycles. The van der Waals surface area contributed by atoms with Crippen LogP contribution in [0.5, 0.6) is 5.75 Å². The van der Waals surface area contributed by atoms with Crippen LogP contribution in [0.4, 0.5) is 13.2 Å². The first-order chi connectivity index (χ1) is 25.1. The van der Waals surface area contributed by atoms with E-state index < -0.39 is 43.5 Å². The van der Waals surface area contributed by atoms with E-state index in [0.29, 0.717) is 25.4 Å². The van der Waals surface area contributed by atoms with Gasteiger partial charge in [0.15, 0.2) is 5.66 Å². The maximum Gasteiger partial charge on any atom is 0.423 e. The Morgan fingerprint density at radius 3 is 2.30 bits per heavy atom. The molecule has 0 saturated heterocycles. The molecular formula is C34H52F3N6O9P. The van der Waals surface area contributed by atoms with Crippen molar-refractivity contribution in [1.29, 1.82) is 0 Å². The predicted molar refractivity (Wildman–Crippen MR) is 193 cm³/mol. The van der Waals surface area contributed by atoms with Crippen molar-refractivity contribution in [2.75, 3.05) is 71.5 Å². The van der Waals surface area contributed by atoms with Gasteiger partial charge in [-0.05, 0) is 61.3 Å². The lowest BCUT2D eigenvalue weighted by Gasteiger charge is -2.28. The number of benzene rings is 2. The fraction of sp³-hybridized carbons (Fsp3) is 0.559. The number of ether oxygens (including phenoxy) is 3. The van der Waals surface area contributed by atoms with Gasteiger partial charge in [-0.1, -0.05) is 24.6 Å². The molecule has 3 atom stereocenters. The fourth-order valence-corrected chi connectivity index (χ4v) is 6.17. The topological polar surface area (TPSA) is 254 Å². The molecule has 2 aromatic carbocycles. The van der Waals surface area contributed by atoms with Crippen molar-refractivity contribution in [2.24, 2.45) is 17.2 Å². The van der Waals surface area contributed by atoms with E-state index in [-0.39, 0.29) is 94.2 Å². The quantitative estimate of drug-likeness (QED) is 0.0374. The first-order valence-electron chi connectivity index (χ1n) is 17.1. The molecule has 0 aliphatic heterocycles. The number of amides is 2. The van der Waals surface area contributed by atoms with Crippen LogP contribution in [0.3, 0.4) is 0 Å². The van der Waals surface area contributed by atoms with E-state index in [1.807, 2.05) is 6.92 Å². The summed E-state index contributed by atoms with van der Waals surface area (Å²) >= 11 is 0. The minimum atomic E-state index is -4.98. The van der Waals surface area contributed by atoms with Crippen molar-refractivity contribution in [1.82, 2.24) is 16.0 Å². The number of rotatable bonds is 26. The monoisotopic (exact) mass is 776 g/mol. The normalized spacial score (nSPS) is 13.6. The molecule has 0 aliphatic carbocycles. The van der Waals surface area contributed by atoms with Crippen LogP contribution in [-0.4, -0.2) is 117 Å². The number of hydrogen-bond donors (Lipinski definition) is 9. The highest BCUT2D eigenvalue weighted by Crippen LogP contribution is 2.35. The largest absolute Gasteiger partial charge is 0.490 e. The Bertz CT molecular complexity index is 1440. The molecule has 15 nitrogen and oxygen atoms in total. The number of nitrogens with one attached hydrogen (secondary N) is 3. The number of carboxylic acids is 1. The molecule has 53 heavy (non-hydrogen) atoms. The average molecular weight is 777 g/mol. The molecule has 0 aliphatic rings. The molecule has 298 valence electrons. The van der Waals surface area contributed by atoms with Crippen molar-refractivity contribution in [2.45, 2.75) is 50.2 Å². The van der Waals surface area contributed by atoms with Crippen molar-refractivity contribution in [3.8, 4) is 5.75 Å². The van der Waals surface area contributed by atoms with Crippen molar-refractivity contribution in [3.63, 3.8) is 0 Å². The maximum atomic E-state index is 13.5. The van der Waals surface area contributed by atoms with E-state index in [1.54, 1.807) is 18.2 Å². The third-order valence-electron chi connectivity index (χ3n) is 7.88. The SMILES string of the molecule is CC(NCC(O)CP(O)CCCCCNC(=O)c1ccc(C(N)(N)C(F)(F)F)cc1OCCOCCOCCNC(=O)CN)c1cccc(C(=O)O)c1. The van der Waals surface area contributed by atoms with Crippen LogP contribution in [0, 0.1) is 0 Å². The Morgan fingerprint density at radius 2 is 1.62 bits per heavy atom. The first-order valence-corrected chi connectivity index (χ1v) is 18.7. The molecule has 0 bridgehead atoms. The summed E-state index contributed by atoms with van der Waals surface area (Å²) in [4.78, 5) is 45.7. The van der Waals surface area contributed by atoms with Crippen LogP contribution < -0.4 is 37.9 Å². The molecule has 0 spiro atoms. The Hall–Kier alpha value is -3.45. The van der Waals surface area contributed by atoms with Crippen LogP contribution in [0.1, 0.15) is 64.1 Å². The lowest BCUT2D eigenvalue weighted by Crippen LogP contribution is -2.57. The number of halogens is 3. The molecule has 2 rings (SSSR count). The lowest BCUT2D eigenvalue weighted by molar-refractivity contribution is -0.188. The second-order valence-electron chi connectivity index (χ2n) is 12.1. The van der Waals surface area contributed by atoms with E-state index in [0.717, 1.165) is 23.8 Å². The van der Waals surface area contributed by atoms with Crippen molar-refractivity contribution >= 4 is 25.9 Å². The third kappa shape index (κ3) is 16.6. The first kappa shape index (κ1) is 45.7. The van der Waals surface area contributed by atoms with E-state index in [2.05, 4.69) is 16.0 Å².